The van der Waals surface area contributed by atoms with Gasteiger partial charge in [-0.3, -0.25) is 0 Å². The summed E-state index contributed by atoms with van der Waals surface area (Å²) in [6, 6.07) is 8.60. The van der Waals surface area contributed by atoms with Crippen LogP contribution in [0, 0.1) is 0 Å². The molecule has 0 aliphatic carbocycles. The van der Waals surface area contributed by atoms with Crippen molar-refractivity contribution in [3.8, 4) is 11.4 Å². The molecule has 3 heteroatoms. The maximum Gasteiger partial charge on any atom is 0.139 e. The van der Waals surface area contributed by atoms with Gasteiger partial charge in [0.1, 0.15) is 5.82 Å². The van der Waals surface area contributed by atoms with Crippen molar-refractivity contribution in [2.24, 2.45) is 5.73 Å². The molecule has 17 heavy (non-hydrogen) atoms. The van der Waals surface area contributed by atoms with Crippen LogP contribution in [0.3, 0.4) is 0 Å². The van der Waals surface area contributed by atoms with Gasteiger partial charge in [0.2, 0.25) is 0 Å². The number of nitrogens with zero attached hydrogens (tertiary/aromatic N) is 2. The zero-order chi connectivity index (χ0) is 12.3. The Hall–Kier alpha value is -1.61. The van der Waals surface area contributed by atoms with E-state index in [9.17, 15) is 0 Å². The Morgan fingerprint density at radius 2 is 1.94 bits per heavy atom. The van der Waals surface area contributed by atoms with Gasteiger partial charge < -0.3 is 10.3 Å². The van der Waals surface area contributed by atoms with Crippen molar-refractivity contribution in [2.45, 2.75) is 26.3 Å². The normalized spacial score (nSPS) is 11.1. The molecule has 0 unspecified atom stereocenters. The highest BCUT2D eigenvalue weighted by molar-refractivity contribution is 5.56. The third kappa shape index (κ3) is 2.56. The highest BCUT2D eigenvalue weighted by Crippen LogP contribution is 2.21. The molecule has 0 saturated carbocycles. The van der Waals surface area contributed by atoms with E-state index in [2.05, 4.69) is 47.7 Å². The van der Waals surface area contributed by atoms with Gasteiger partial charge in [0.15, 0.2) is 0 Å². The second-order valence-corrected chi connectivity index (χ2v) is 4.51. The predicted molar refractivity (Wildman–Crippen MR) is 70.8 cm³/mol. The fourth-order valence-electron chi connectivity index (χ4n) is 1.91. The quantitative estimate of drug-likeness (QED) is 0.875. The van der Waals surface area contributed by atoms with Gasteiger partial charge in [-0.1, -0.05) is 38.1 Å². The van der Waals surface area contributed by atoms with Crippen molar-refractivity contribution in [1.29, 1.82) is 0 Å². The molecular formula is C14H19N3. The first-order valence-corrected chi connectivity index (χ1v) is 6.04. The summed E-state index contributed by atoms with van der Waals surface area (Å²) in [6.45, 7) is 5.84. The van der Waals surface area contributed by atoms with E-state index in [-0.39, 0.29) is 0 Å². The van der Waals surface area contributed by atoms with Crippen molar-refractivity contribution >= 4 is 0 Å². The summed E-state index contributed by atoms with van der Waals surface area (Å²) in [5.41, 5.74) is 8.08. The summed E-state index contributed by atoms with van der Waals surface area (Å²) in [5, 5.41) is 0. The fraction of sp³-hybridized carbons (Fsp3) is 0.357. The molecule has 1 aromatic heterocycles. The van der Waals surface area contributed by atoms with Crippen LogP contribution in [-0.4, -0.2) is 16.1 Å². The molecule has 1 heterocycles. The first-order chi connectivity index (χ1) is 8.22. The molecule has 0 fully saturated rings. The van der Waals surface area contributed by atoms with Crippen LogP contribution in [0.1, 0.15) is 25.3 Å². The van der Waals surface area contributed by atoms with Gasteiger partial charge in [-0.05, 0) is 11.5 Å². The molecule has 3 nitrogen and oxygen atoms in total. The van der Waals surface area contributed by atoms with E-state index in [1.165, 1.54) is 5.56 Å². The number of aromatic nitrogens is 2. The van der Waals surface area contributed by atoms with Gasteiger partial charge in [0, 0.05) is 31.0 Å². The van der Waals surface area contributed by atoms with E-state index < -0.39 is 0 Å². The number of hydrogen-bond donors (Lipinski definition) is 1. The second kappa shape index (κ2) is 5.15. The van der Waals surface area contributed by atoms with Crippen molar-refractivity contribution < 1.29 is 0 Å². The number of hydrogen-bond acceptors (Lipinski definition) is 2. The first kappa shape index (κ1) is 11.9. The smallest absolute Gasteiger partial charge is 0.139 e. The minimum absolute atomic E-state index is 0.563. The van der Waals surface area contributed by atoms with Gasteiger partial charge in [0.05, 0.1) is 0 Å². The van der Waals surface area contributed by atoms with Gasteiger partial charge in [-0.25, -0.2) is 4.98 Å². The SMILES string of the molecule is CC(C)c1ccc(-c2nccn2CCN)cc1. The Labute approximate surface area is 102 Å². The Bertz CT molecular complexity index is 468. The van der Waals surface area contributed by atoms with Crippen LogP contribution < -0.4 is 5.73 Å². The zero-order valence-electron chi connectivity index (χ0n) is 10.4. The molecule has 0 aliphatic heterocycles. The summed E-state index contributed by atoms with van der Waals surface area (Å²) in [6.07, 6.45) is 3.79. The monoisotopic (exact) mass is 229 g/mol. The maximum atomic E-state index is 5.58. The zero-order valence-corrected chi connectivity index (χ0v) is 10.4. The lowest BCUT2D eigenvalue weighted by molar-refractivity contribution is 0.715. The van der Waals surface area contributed by atoms with E-state index in [0.29, 0.717) is 12.5 Å². The van der Waals surface area contributed by atoms with E-state index in [0.717, 1.165) is 17.9 Å². The van der Waals surface area contributed by atoms with Crippen LogP contribution >= 0.6 is 0 Å². The summed E-state index contributed by atoms with van der Waals surface area (Å²) < 4.78 is 2.09. The van der Waals surface area contributed by atoms with E-state index in [4.69, 9.17) is 5.73 Å². The first-order valence-electron chi connectivity index (χ1n) is 6.04. The Morgan fingerprint density at radius 1 is 1.24 bits per heavy atom. The van der Waals surface area contributed by atoms with Crippen LogP contribution in [0.5, 0.6) is 0 Å². The third-order valence-electron chi connectivity index (χ3n) is 2.92. The van der Waals surface area contributed by atoms with Crippen LogP contribution in [-0.2, 0) is 6.54 Å². The summed E-state index contributed by atoms with van der Waals surface area (Å²) >= 11 is 0. The summed E-state index contributed by atoms with van der Waals surface area (Å²) in [7, 11) is 0. The fourth-order valence-corrected chi connectivity index (χ4v) is 1.91. The molecule has 0 aliphatic rings. The van der Waals surface area contributed by atoms with Crippen molar-refractivity contribution in [3.63, 3.8) is 0 Å². The molecule has 90 valence electrons. The van der Waals surface area contributed by atoms with Crippen molar-refractivity contribution in [2.75, 3.05) is 6.54 Å². The molecule has 0 atom stereocenters. The minimum atomic E-state index is 0.563. The third-order valence-corrected chi connectivity index (χ3v) is 2.92. The predicted octanol–water partition coefficient (Wildman–Crippen LogP) is 2.63. The summed E-state index contributed by atoms with van der Waals surface area (Å²) in [4.78, 5) is 4.39. The molecule has 0 amide bonds. The molecule has 2 aromatic rings. The number of rotatable bonds is 4. The van der Waals surface area contributed by atoms with Crippen LogP contribution in [0.15, 0.2) is 36.7 Å². The molecule has 0 spiro atoms. The maximum absolute atomic E-state index is 5.58. The van der Waals surface area contributed by atoms with Gasteiger partial charge in [0.25, 0.3) is 0 Å². The Kier molecular flexibility index (Phi) is 3.59. The standard InChI is InChI=1S/C14H19N3/c1-11(2)12-3-5-13(6-4-12)14-16-8-10-17(14)9-7-15/h3-6,8,10-11H,7,9,15H2,1-2H3. The second-order valence-electron chi connectivity index (χ2n) is 4.51. The number of benzene rings is 1. The number of imidazole rings is 1. The lowest BCUT2D eigenvalue weighted by atomic mass is 10.0. The lowest BCUT2D eigenvalue weighted by Gasteiger charge is -2.08. The summed E-state index contributed by atoms with van der Waals surface area (Å²) in [5.74, 6) is 1.55. The molecule has 0 bridgehead atoms. The average Bonchev–Trinajstić information content (AvgIpc) is 2.78. The molecule has 1 aromatic carbocycles. The molecule has 0 radical (unpaired) electrons. The van der Waals surface area contributed by atoms with E-state index >= 15 is 0 Å². The topological polar surface area (TPSA) is 43.8 Å². The van der Waals surface area contributed by atoms with E-state index in [1.807, 2.05) is 12.4 Å². The highest BCUT2D eigenvalue weighted by atomic mass is 15.1. The van der Waals surface area contributed by atoms with Gasteiger partial charge >= 0.3 is 0 Å². The minimum Gasteiger partial charge on any atom is -0.330 e. The van der Waals surface area contributed by atoms with Gasteiger partial charge in [-0.2, -0.15) is 0 Å². The molecular weight excluding hydrogens is 210 g/mol. The largest absolute Gasteiger partial charge is 0.330 e. The highest BCUT2D eigenvalue weighted by Gasteiger charge is 2.06. The van der Waals surface area contributed by atoms with Gasteiger partial charge in [-0.15, -0.1) is 0 Å². The Morgan fingerprint density at radius 3 is 2.53 bits per heavy atom. The van der Waals surface area contributed by atoms with Crippen LogP contribution in [0.4, 0.5) is 0 Å². The average molecular weight is 229 g/mol. The van der Waals surface area contributed by atoms with E-state index in [1.54, 1.807) is 0 Å². The number of nitrogens with two attached hydrogens (primary N) is 1. The van der Waals surface area contributed by atoms with Crippen molar-refractivity contribution in [3.05, 3.63) is 42.2 Å². The molecule has 2 N–H and O–H groups in total. The van der Waals surface area contributed by atoms with Crippen LogP contribution in [0.2, 0.25) is 0 Å². The molecule has 2 rings (SSSR count). The van der Waals surface area contributed by atoms with Crippen LogP contribution in [0.25, 0.3) is 11.4 Å². The molecule has 0 saturated heterocycles. The van der Waals surface area contributed by atoms with Crippen molar-refractivity contribution in [1.82, 2.24) is 9.55 Å². The Balaban J connectivity index is 2.30. The lowest BCUT2D eigenvalue weighted by Crippen LogP contribution is -2.10.